The van der Waals surface area contributed by atoms with E-state index < -0.39 is 9.84 Å². The average Bonchev–Trinajstić information content (AvgIpc) is 2.90. The molecule has 156 valence electrons. The van der Waals surface area contributed by atoms with Crippen molar-refractivity contribution in [1.29, 1.82) is 0 Å². The number of hydrogen-bond acceptors (Lipinski definition) is 6. The van der Waals surface area contributed by atoms with Crippen LogP contribution >= 0.6 is 0 Å². The molecule has 0 amide bonds. The second-order valence-corrected chi connectivity index (χ2v) is 10.0. The molecule has 0 aliphatic carbocycles. The Morgan fingerprint density at radius 1 is 0.967 bits per heavy atom. The summed E-state index contributed by atoms with van der Waals surface area (Å²) in [6.45, 7) is 6.13. The van der Waals surface area contributed by atoms with Gasteiger partial charge in [0.2, 0.25) is 0 Å². The summed E-state index contributed by atoms with van der Waals surface area (Å²) in [4.78, 5) is 9.81. The van der Waals surface area contributed by atoms with Crippen molar-refractivity contribution in [2.45, 2.75) is 18.4 Å². The molecule has 3 aromatic rings. The van der Waals surface area contributed by atoms with Crippen LogP contribution in [0.3, 0.4) is 0 Å². The average molecular weight is 424 g/mol. The van der Waals surface area contributed by atoms with Crippen LogP contribution in [0.1, 0.15) is 11.1 Å². The molecule has 0 spiro atoms. The highest BCUT2D eigenvalue weighted by atomic mass is 32.2. The number of pyridine rings is 1. The predicted octanol–water partition coefficient (Wildman–Crippen LogP) is 3.17. The molecular formula is C23H25N3O3S. The van der Waals surface area contributed by atoms with Crippen molar-refractivity contribution < 1.29 is 13.2 Å². The summed E-state index contributed by atoms with van der Waals surface area (Å²) in [6.07, 6.45) is 0. The van der Waals surface area contributed by atoms with Crippen LogP contribution in [0.15, 0.2) is 53.4 Å². The van der Waals surface area contributed by atoms with Crippen molar-refractivity contribution in [2.24, 2.45) is 0 Å². The van der Waals surface area contributed by atoms with Gasteiger partial charge in [0.05, 0.1) is 29.4 Å². The first-order valence-electron chi connectivity index (χ1n) is 10.3. The maximum Gasteiger partial charge on any atom is 0.180 e. The SMILES string of the molecule is Cc1ccc2nc(N3CCS(=O)(=O)c4ccccc4C3)cc(N3CCOCC3)c2c1. The molecule has 30 heavy (non-hydrogen) atoms. The minimum absolute atomic E-state index is 0.0878. The second kappa shape index (κ2) is 7.56. The standard InChI is InChI=1S/C23H25N3O3S/c1-17-6-7-20-19(14-17)21(25-8-11-29-12-9-25)15-23(24-20)26-10-13-30(27,28)22-5-3-2-4-18(22)16-26/h2-7,14-15H,8-13,16H2,1H3. The molecule has 2 aromatic carbocycles. The van der Waals surface area contributed by atoms with Gasteiger partial charge in [0.1, 0.15) is 5.82 Å². The summed E-state index contributed by atoms with van der Waals surface area (Å²) >= 11 is 0. The molecule has 0 N–H and O–H groups in total. The fourth-order valence-corrected chi connectivity index (χ4v) is 5.79. The lowest BCUT2D eigenvalue weighted by Gasteiger charge is -2.31. The van der Waals surface area contributed by atoms with Gasteiger partial charge in [-0.25, -0.2) is 13.4 Å². The van der Waals surface area contributed by atoms with Crippen LogP contribution in [0.4, 0.5) is 11.5 Å². The molecule has 3 heterocycles. The van der Waals surface area contributed by atoms with Gasteiger partial charge in [-0.05, 0) is 30.7 Å². The highest BCUT2D eigenvalue weighted by molar-refractivity contribution is 7.91. The second-order valence-electron chi connectivity index (χ2n) is 7.97. The topological polar surface area (TPSA) is 62.7 Å². The van der Waals surface area contributed by atoms with E-state index in [4.69, 9.17) is 9.72 Å². The lowest BCUT2D eigenvalue weighted by Crippen LogP contribution is -2.36. The number of anilines is 2. The molecule has 6 nitrogen and oxygen atoms in total. The van der Waals surface area contributed by atoms with Gasteiger partial charge in [-0.3, -0.25) is 0 Å². The Bertz CT molecular complexity index is 1200. The van der Waals surface area contributed by atoms with Gasteiger partial charge in [0.15, 0.2) is 9.84 Å². The largest absolute Gasteiger partial charge is 0.378 e. The number of morpholine rings is 1. The Hall–Kier alpha value is -2.64. The Kier molecular flexibility index (Phi) is 4.87. The maximum atomic E-state index is 12.8. The van der Waals surface area contributed by atoms with Crippen molar-refractivity contribution >= 4 is 32.2 Å². The Balaban J connectivity index is 1.62. The molecule has 0 bridgehead atoms. The number of aryl methyl sites for hydroxylation is 1. The normalized spacial score (nSPS) is 18.8. The van der Waals surface area contributed by atoms with E-state index in [0.717, 1.165) is 41.1 Å². The number of ether oxygens (including phenoxy) is 1. The molecule has 0 atom stereocenters. The number of fused-ring (bicyclic) bond motifs is 2. The Morgan fingerprint density at radius 2 is 1.77 bits per heavy atom. The highest BCUT2D eigenvalue weighted by Crippen LogP contribution is 2.33. The summed E-state index contributed by atoms with van der Waals surface area (Å²) in [7, 11) is -3.29. The molecule has 1 saturated heterocycles. The number of aromatic nitrogens is 1. The minimum Gasteiger partial charge on any atom is -0.378 e. The van der Waals surface area contributed by atoms with Gasteiger partial charge in [-0.2, -0.15) is 0 Å². The van der Waals surface area contributed by atoms with E-state index in [2.05, 4.69) is 41.0 Å². The third-order valence-electron chi connectivity index (χ3n) is 5.90. The van der Waals surface area contributed by atoms with Crippen LogP contribution in [-0.2, 0) is 21.1 Å². The van der Waals surface area contributed by atoms with Gasteiger partial charge in [-0.15, -0.1) is 0 Å². The molecule has 7 heteroatoms. The molecule has 2 aliphatic heterocycles. The van der Waals surface area contributed by atoms with Gasteiger partial charge >= 0.3 is 0 Å². The monoisotopic (exact) mass is 423 g/mol. The van der Waals surface area contributed by atoms with E-state index >= 15 is 0 Å². The number of rotatable bonds is 2. The lowest BCUT2D eigenvalue weighted by atomic mass is 10.1. The Morgan fingerprint density at radius 3 is 2.60 bits per heavy atom. The maximum absolute atomic E-state index is 12.8. The predicted molar refractivity (Wildman–Crippen MR) is 119 cm³/mol. The summed E-state index contributed by atoms with van der Waals surface area (Å²) in [5.41, 5.74) is 4.09. The summed E-state index contributed by atoms with van der Waals surface area (Å²) in [5.74, 6) is 0.907. The van der Waals surface area contributed by atoms with Crippen LogP contribution in [0.2, 0.25) is 0 Å². The first-order chi connectivity index (χ1) is 14.5. The molecule has 0 unspecified atom stereocenters. The fourth-order valence-electron chi connectivity index (χ4n) is 4.29. The van der Waals surface area contributed by atoms with E-state index in [9.17, 15) is 8.42 Å². The van der Waals surface area contributed by atoms with E-state index in [1.807, 2.05) is 12.1 Å². The first-order valence-corrected chi connectivity index (χ1v) is 12.0. The lowest BCUT2D eigenvalue weighted by molar-refractivity contribution is 0.123. The quantitative estimate of drug-likeness (QED) is 0.631. The van der Waals surface area contributed by atoms with Gasteiger partial charge in [-0.1, -0.05) is 29.8 Å². The highest BCUT2D eigenvalue weighted by Gasteiger charge is 2.26. The van der Waals surface area contributed by atoms with E-state index in [-0.39, 0.29) is 5.75 Å². The summed E-state index contributed by atoms with van der Waals surface area (Å²) in [6, 6.07) is 15.7. The zero-order valence-corrected chi connectivity index (χ0v) is 17.9. The third-order valence-corrected chi connectivity index (χ3v) is 7.69. The van der Waals surface area contributed by atoms with Gasteiger partial charge in [0.25, 0.3) is 0 Å². The number of sulfone groups is 1. The molecular weight excluding hydrogens is 398 g/mol. The van der Waals surface area contributed by atoms with Crippen molar-refractivity contribution in [3.8, 4) is 0 Å². The number of hydrogen-bond donors (Lipinski definition) is 0. The van der Waals surface area contributed by atoms with Gasteiger partial charge in [0, 0.05) is 43.3 Å². The molecule has 1 aromatic heterocycles. The van der Waals surface area contributed by atoms with E-state index in [1.165, 1.54) is 5.56 Å². The van der Waals surface area contributed by atoms with E-state index in [1.54, 1.807) is 12.1 Å². The van der Waals surface area contributed by atoms with Crippen molar-refractivity contribution in [2.75, 3.05) is 48.4 Å². The van der Waals surface area contributed by atoms with Crippen molar-refractivity contribution in [1.82, 2.24) is 4.98 Å². The third kappa shape index (κ3) is 3.52. The van der Waals surface area contributed by atoms with Crippen molar-refractivity contribution in [3.63, 3.8) is 0 Å². The van der Waals surface area contributed by atoms with Crippen molar-refractivity contribution in [3.05, 3.63) is 59.7 Å². The van der Waals surface area contributed by atoms with Crippen LogP contribution < -0.4 is 9.80 Å². The van der Waals surface area contributed by atoms with Crippen LogP contribution in [0.5, 0.6) is 0 Å². The Labute approximate surface area is 177 Å². The minimum atomic E-state index is -3.29. The molecule has 2 aliphatic rings. The zero-order valence-electron chi connectivity index (χ0n) is 17.0. The zero-order chi connectivity index (χ0) is 20.7. The smallest absolute Gasteiger partial charge is 0.180 e. The molecule has 1 fully saturated rings. The number of benzene rings is 2. The molecule has 0 saturated carbocycles. The first kappa shape index (κ1) is 19.3. The molecule has 5 rings (SSSR count). The van der Waals surface area contributed by atoms with Gasteiger partial charge < -0.3 is 14.5 Å². The fraction of sp³-hybridized carbons (Fsp3) is 0.348. The van der Waals surface area contributed by atoms with Crippen LogP contribution in [-0.4, -0.2) is 52.0 Å². The van der Waals surface area contributed by atoms with E-state index in [0.29, 0.717) is 31.2 Å². The van der Waals surface area contributed by atoms with Crippen LogP contribution in [0, 0.1) is 6.92 Å². The summed E-state index contributed by atoms with van der Waals surface area (Å²) in [5, 5.41) is 1.13. The summed E-state index contributed by atoms with van der Waals surface area (Å²) < 4.78 is 31.1. The molecule has 0 radical (unpaired) electrons. The van der Waals surface area contributed by atoms with Crippen LogP contribution in [0.25, 0.3) is 10.9 Å². The number of nitrogens with zero attached hydrogens (tertiary/aromatic N) is 3.